The van der Waals surface area contributed by atoms with E-state index in [9.17, 15) is 18.0 Å². The van der Waals surface area contributed by atoms with Crippen molar-refractivity contribution in [3.05, 3.63) is 36.2 Å². The van der Waals surface area contributed by atoms with Crippen molar-refractivity contribution < 1.29 is 22.7 Å². The Kier molecular flexibility index (Phi) is 5.48. The lowest BCUT2D eigenvalue weighted by Gasteiger charge is -2.05. The predicted octanol–water partition coefficient (Wildman–Crippen LogP) is 2.26. The van der Waals surface area contributed by atoms with E-state index in [1.54, 1.807) is 31.4 Å². The van der Waals surface area contributed by atoms with Crippen LogP contribution in [-0.4, -0.2) is 45.8 Å². The summed E-state index contributed by atoms with van der Waals surface area (Å²) < 4.78 is 42.3. The summed E-state index contributed by atoms with van der Waals surface area (Å²) in [5.41, 5.74) is -3.61. The molecular formula is C13H13F3N4O2S. The number of carbonyl (C=O) groups excluding carboxylic acids is 1. The highest BCUT2D eigenvalue weighted by Crippen LogP contribution is 2.29. The van der Waals surface area contributed by atoms with E-state index in [-0.39, 0.29) is 29.8 Å². The van der Waals surface area contributed by atoms with Gasteiger partial charge in [0.2, 0.25) is 0 Å². The Morgan fingerprint density at radius 3 is 2.65 bits per heavy atom. The van der Waals surface area contributed by atoms with Gasteiger partial charge in [0.05, 0.1) is 19.0 Å². The van der Waals surface area contributed by atoms with E-state index in [1.165, 1.54) is 10.9 Å². The monoisotopic (exact) mass is 346 g/mol. The van der Waals surface area contributed by atoms with Gasteiger partial charge < -0.3 is 10.1 Å². The van der Waals surface area contributed by atoms with Gasteiger partial charge in [0.1, 0.15) is 5.75 Å². The van der Waals surface area contributed by atoms with E-state index in [4.69, 9.17) is 4.74 Å². The minimum absolute atomic E-state index is 0.0258. The Morgan fingerprint density at radius 2 is 2.04 bits per heavy atom. The maximum absolute atomic E-state index is 12.0. The van der Waals surface area contributed by atoms with Gasteiger partial charge in [-0.1, -0.05) is 5.21 Å². The topological polar surface area (TPSA) is 69.0 Å². The molecule has 0 unspecified atom stereocenters. The van der Waals surface area contributed by atoms with Crippen LogP contribution in [0.5, 0.6) is 5.75 Å². The number of thioether (sulfide) groups is 1. The first-order chi connectivity index (χ1) is 10.9. The molecule has 0 aliphatic heterocycles. The van der Waals surface area contributed by atoms with E-state index >= 15 is 0 Å². The van der Waals surface area contributed by atoms with Crippen molar-refractivity contribution in [2.45, 2.75) is 5.51 Å². The average Bonchev–Trinajstić information content (AvgIpc) is 3.00. The highest BCUT2D eigenvalue weighted by atomic mass is 32.2. The Bertz CT molecular complexity index is 658. The van der Waals surface area contributed by atoms with Gasteiger partial charge in [-0.25, -0.2) is 4.68 Å². The van der Waals surface area contributed by atoms with Crippen LogP contribution in [0, 0.1) is 0 Å². The van der Waals surface area contributed by atoms with Crippen LogP contribution in [0.4, 0.5) is 13.2 Å². The molecule has 0 aliphatic carbocycles. The summed E-state index contributed by atoms with van der Waals surface area (Å²) in [5, 5.41) is 9.87. The zero-order valence-corrected chi connectivity index (χ0v) is 12.8. The van der Waals surface area contributed by atoms with Gasteiger partial charge in [-0.15, -0.1) is 5.10 Å². The molecule has 0 bridgehead atoms. The molecule has 0 fully saturated rings. The van der Waals surface area contributed by atoms with Gasteiger partial charge in [-0.05, 0) is 36.0 Å². The summed E-state index contributed by atoms with van der Waals surface area (Å²) >= 11 is -0.192. The third-order valence-corrected chi connectivity index (χ3v) is 3.45. The molecule has 2 aromatic rings. The van der Waals surface area contributed by atoms with E-state index in [1.807, 2.05) is 0 Å². The molecule has 0 atom stereocenters. The number of nitrogens with zero attached hydrogens (tertiary/aromatic N) is 3. The van der Waals surface area contributed by atoms with Crippen molar-refractivity contribution in [2.75, 3.05) is 19.4 Å². The van der Waals surface area contributed by atoms with Crippen LogP contribution in [-0.2, 0) is 0 Å². The number of alkyl halides is 3. The predicted molar refractivity (Wildman–Crippen MR) is 78.8 cm³/mol. The first kappa shape index (κ1) is 17.1. The van der Waals surface area contributed by atoms with Crippen molar-refractivity contribution in [1.82, 2.24) is 20.3 Å². The van der Waals surface area contributed by atoms with Crippen molar-refractivity contribution in [1.29, 1.82) is 0 Å². The first-order valence-corrected chi connectivity index (χ1v) is 7.43. The Morgan fingerprint density at radius 1 is 1.35 bits per heavy atom. The number of methoxy groups -OCH3 is 1. The van der Waals surface area contributed by atoms with Gasteiger partial charge in [-0.3, -0.25) is 4.79 Å². The van der Waals surface area contributed by atoms with Crippen LogP contribution in [0.3, 0.4) is 0 Å². The Labute approximate surface area is 134 Å². The van der Waals surface area contributed by atoms with Crippen LogP contribution in [0.1, 0.15) is 10.5 Å². The van der Waals surface area contributed by atoms with Gasteiger partial charge >= 0.3 is 5.51 Å². The lowest BCUT2D eigenvalue weighted by Crippen LogP contribution is -2.26. The second-order valence-electron chi connectivity index (χ2n) is 4.30. The zero-order valence-electron chi connectivity index (χ0n) is 12.0. The maximum atomic E-state index is 12.0. The smallest absolute Gasteiger partial charge is 0.441 e. The lowest BCUT2D eigenvalue weighted by molar-refractivity contribution is -0.0327. The molecule has 2 rings (SSSR count). The largest absolute Gasteiger partial charge is 0.497 e. The molecule has 1 aromatic carbocycles. The minimum atomic E-state index is -4.30. The molecule has 1 heterocycles. The molecule has 1 aromatic heterocycles. The molecule has 1 N–H and O–H groups in total. The number of benzene rings is 1. The lowest BCUT2D eigenvalue weighted by atomic mass is 10.3. The molecule has 1 amide bonds. The first-order valence-electron chi connectivity index (χ1n) is 6.45. The third kappa shape index (κ3) is 5.16. The minimum Gasteiger partial charge on any atom is -0.497 e. The van der Waals surface area contributed by atoms with E-state index in [2.05, 4.69) is 15.6 Å². The molecule has 0 spiro atoms. The summed E-state index contributed by atoms with van der Waals surface area (Å²) in [4.78, 5) is 11.8. The van der Waals surface area contributed by atoms with Crippen LogP contribution in [0.25, 0.3) is 5.69 Å². The quantitative estimate of drug-likeness (QED) is 0.813. The molecule has 0 saturated heterocycles. The summed E-state index contributed by atoms with van der Waals surface area (Å²) in [6.45, 7) is -0.113. The number of amides is 1. The normalized spacial score (nSPS) is 11.3. The van der Waals surface area contributed by atoms with Crippen molar-refractivity contribution in [3.8, 4) is 11.4 Å². The van der Waals surface area contributed by atoms with Gasteiger partial charge in [-0.2, -0.15) is 13.2 Å². The Hall–Kier alpha value is -2.23. The number of rotatable bonds is 6. The number of hydrogen-bond donors (Lipinski definition) is 1. The molecule has 124 valence electrons. The number of halogens is 3. The zero-order chi connectivity index (χ0) is 16.9. The fraction of sp³-hybridized carbons (Fsp3) is 0.308. The fourth-order valence-electron chi connectivity index (χ4n) is 1.65. The molecule has 0 saturated carbocycles. The summed E-state index contributed by atoms with van der Waals surface area (Å²) in [6.07, 6.45) is 1.40. The average molecular weight is 346 g/mol. The van der Waals surface area contributed by atoms with Crippen LogP contribution >= 0.6 is 11.8 Å². The third-order valence-electron chi connectivity index (χ3n) is 2.72. The number of hydrogen-bond acceptors (Lipinski definition) is 5. The van der Waals surface area contributed by atoms with E-state index in [0.717, 1.165) is 0 Å². The standard InChI is InChI=1S/C13H13F3N4O2S/c1-22-10-4-2-9(3-5-10)20-8-11(18-19-20)12(21)17-6-7-23-13(14,15)16/h2-5,8H,6-7H2,1H3,(H,17,21). The van der Waals surface area contributed by atoms with Gasteiger partial charge in [0.25, 0.3) is 5.91 Å². The molecule has 23 heavy (non-hydrogen) atoms. The van der Waals surface area contributed by atoms with Gasteiger partial charge in [0, 0.05) is 12.3 Å². The van der Waals surface area contributed by atoms with Crippen molar-refractivity contribution >= 4 is 17.7 Å². The highest BCUT2D eigenvalue weighted by molar-refractivity contribution is 8.00. The van der Waals surface area contributed by atoms with Crippen molar-refractivity contribution in [3.63, 3.8) is 0 Å². The van der Waals surface area contributed by atoms with Gasteiger partial charge in [0.15, 0.2) is 5.69 Å². The molecule has 0 radical (unpaired) electrons. The number of carbonyl (C=O) groups is 1. The van der Waals surface area contributed by atoms with Crippen LogP contribution in [0.15, 0.2) is 30.5 Å². The Balaban J connectivity index is 1.91. The van der Waals surface area contributed by atoms with Crippen LogP contribution in [0.2, 0.25) is 0 Å². The van der Waals surface area contributed by atoms with E-state index < -0.39 is 11.4 Å². The molecule has 6 nitrogen and oxygen atoms in total. The second-order valence-corrected chi connectivity index (χ2v) is 5.46. The van der Waals surface area contributed by atoms with Crippen LogP contribution < -0.4 is 10.1 Å². The van der Waals surface area contributed by atoms with Crippen molar-refractivity contribution in [2.24, 2.45) is 0 Å². The molecule has 0 aliphatic rings. The maximum Gasteiger partial charge on any atom is 0.441 e. The van der Waals surface area contributed by atoms with E-state index in [0.29, 0.717) is 11.4 Å². The summed E-state index contributed by atoms with van der Waals surface area (Å²) in [5.74, 6) is -0.163. The number of aromatic nitrogens is 3. The SMILES string of the molecule is COc1ccc(-n2cc(C(=O)NCCSC(F)(F)F)nn2)cc1. The second kappa shape index (κ2) is 7.36. The number of nitrogens with one attached hydrogen (secondary N) is 1. The number of ether oxygens (including phenoxy) is 1. The molecule has 10 heteroatoms. The fourth-order valence-corrected chi connectivity index (χ4v) is 2.09. The summed E-state index contributed by atoms with van der Waals surface area (Å²) in [7, 11) is 1.55. The molecular weight excluding hydrogens is 333 g/mol. The highest BCUT2D eigenvalue weighted by Gasteiger charge is 2.27. The summed E-state index contributed by atoms with van der Waals surface area (Å²) in [6, 6.07) is 6.92.